The Hall–Kier alpha value is -1.31. The minimum Gasteiger partial charge on any atom is -0.367 e. The molecule has 2 fully saturated rings. The highest BCUT2D eigenvalue weighted by atomic mass is 35.5. The van der Waals surface area contributed by atoms with E-state index in [1.54, 1.807) is 4.90 Å². The number of para-hydroxylation sites is 1. The number of amides is 1. The summed E-state index contributed by atoms with van der Waals surface area (Å²) in [7, 11) is -3.47. The molecule has 6 nitrogen and oxygen atoms in total. The Morgan fingerprint density at radius 2 is 1.72 bits per heavy atom. The van der Waals surface area contributed by atoms with Crippen LogP contribution in [-0.4, -0.2) is 69.5 Å². The molecule has 0 aromatic heterocycles. The van der Waals surface area contributed by atoms with Gasteiger partial charge in [-0.1, -0.05) is 23.7 Å². The van der Waals surface area contributed by atoms with Crippen LogP contribution in [0.25, 0.3) is 0 Å². The number of sulfone groups is 1. The van der Waals surface area contributed by atoms with Crippen LogP contribution in [0.2, 0.25) is 5.02 Å². The predicted octanol–water partition coefficient (Wildman–Crippen LogP) is 1.16. The van der Waals surface area contributed by atoms with Crippen LogP contribution in [0.15, 0.2) is 24.3 Å². The molecule has 0 spiro atoms. The van der Waals surface area contributed by atoms with E-state index in [4.69, 9.17) is 11.6 Å². The van der Waals surface area contributed by atoms with Crippen LogP contribution < -0.4 is 10.2 Å². The minimum atomic E-state index is -3.47. The number of hydrogen-bond donors (Lipinski definition) is 1. The van der Waals surface area contributed by atoms with Crippen LogP contribution in [0.4, 0.5) is 5.69 Å². The number of carbonyl (C=O) groups is 1. The Kier molecular flexibility index (Phi) is 5.27. The number of nitrogens with one attached hydrogen (secondary N) is 1. The Morgan fingerprint density at radius 3 is 2.28 bits per heavy atom. The Balaban J connectivity index is 1.73. The van der Waals surface area contributed by atoms with Crippen molar-refractivity contribution in [2.75, 3.05) is 50.4 Å². The van der Waals surface area contributed by atoms with Crippen LogP contribution in [0.5, 0.6) is 0 Å². The summed E-state index contributed by atoms with van der Waals surface area (Å²) < 4.78 is 23.6. The highest BCUT2D eigenvalue weighted by Gasteiger charge is 2.50. The van der Waals surface area contributed by atoms with Crippen molar-refractivity contribution >= 4 is 33.0 Å². The first-order valence-corrected chi connectivity index (χ1v) is 10.8. The van der Waals surface area contributed by atoms with E-state index in [1.165, 1.54) is 6.26 Å². The van der Waals surface area contributed by atoms with Gasteiger partial charge in [0.05, 0.1) is 10.7 Å². The van der Waals surface area contributed by atoms with E-state index in [2.05, 4.69) is 10.2 Å². The van der Waals surface area contributed by atoms with Crippen molar-refractivity contribution in [1.29, 1.82) is 0 Å². The molecule has 25 heavy (non-hydrogen) atoms. The summed E-state index contributed by atoms with van der Waals surface area (Å²) >= 11 is 6.25. The largest absolute Gasteiger partial charge is 0.367 e. The van der Waals surface area contributed by atoms with Crippen molar-refractivity contribution in [2.24, 2.45) is 0 Å². The summed E-state index contributed by atoms with van der Waals surface area (Å²) in [5.41, 5.74) is 0.955. The fraction of sp³-hybridized carbons (Fsp3) is 0.588. The van der Waals surface area contributed by atoms with E-state index in [-0.39, 0.29) is 5.91 Å². The molecule has 3 rings (SSSR count). The average molecular weight is 386 g/mol. The molecule has 138 valence electrons. The molecule has 0 bridgehead atoms. The lowest BCUT2D eigenvalue weighted by Gasteiger charge is -2.42. The van der Waals surface area contributed by atoms with Crippen molar-refractivity contribution in [3.8, 4) is 0 Å². The summed E-state index contributed by atoms with van der Waals surface area (Å²) in [5, 5.41) is 3.83. The van der Waals surface area contributed by atoms with Gasteiger partial charge in [-0.15, -0.1) is 0 Å². The molecule has 0 unspecified atom stereocenters. The molecule has 8 heteroatoms. The van der Waals surface area contributed by atoms with Crippen molar-refractivity contribution in [3.63, 3.8) is 0 Å². The molecule has 1 N–H and O–H groups in total. The first-order chi connectivity index (χ1) is 11.8. The molecule has 1 amide bonds. The Morgan fingerprint density at radius 1 is 1.12 bits per heavy atom. The van der Waals surface area contributed by atoms with E-state index in [0.717, 1.165) is 5.69 Å². The molecule has 2 heterocycles. The standard InChI is InChI=1S/C17H24ClN3O3S/c1-25(23,24)17(6-8-19-9-7-17)16(22)21-12-10-20(11-13-21)15-5-3-2-4-14(15)18/h2-5,19H,6-13H2,1H3. The molecule has 2 aliphatic rings. The third-order valence-electron chi connectivity index (χ3n) is 5.27. The van der Waals surface area contributed by atoms with E-state index >= 15 is 0 Å². The number of halogens is 1. The smallest absolute Gasteiger partial charge is 0.244 e. The molecule has 0 atom stereocenters. The third kappa shape index (κ3) is 3.50. The van der Waals surface area contributed by atoms with Crippen LogP contribution in [-0.2, 0) is 14.6 Å². The molecule has 2 saturated heterocycles. The second kappa shape index (κ2) is 7.13. The number of benzene rings is 1. The van der Waals surface area contributed by atoms with Crippen molar-refractivity contribution in [1.82, 2.24) is 10.2 Å². The monoisotopic (exact) mass is 385 g/mol. The van der Waals surface area contributed by atoms with Crippen molar-refractivity contribution < 1.29 is 13.2 Å². The number of anilines is 1. The summed E-state index contributed by atoms with van der Waals surface area (Å²) in [4.78, 5) is 17.0. The zero-order valence-electron chi connectivity index (χ0n) is 14.4. The molecule has 1 aromatic carbocycles. The number of hydrogen-bond acceptors (Lipinski definition) is 5. The van der Waals surface area contributed by atoms with Gasteiger partial charge in [0.1, 0.15) is 0 Å². The van der Waals surface area contributed by atoms with Gasteiger partial charge in [0.2, 0.25) is 5.91 Å². The molecule has 1 aromatic rings. The zero-order chi connectivity index (χ0) is 18.1. The highest BCUT2D eigenvalue weighted by molar-refractivity contribution is 7.92. The van der Waals surface area contributed by atoms with Crippen LogP contribution in [0, 0.1) is 0 Å². The maximum atomic E-state index is 13.1. The van der Waals surface area contributed by atoms with Gasteiger partial charge >= 0.3 is 0 Å². The van der Waals surface area contributed by atoms with Gasteiger partial charge in [-0.25, -0.2) is 8.42 Å². The maximum Gasteiger partial charge on any atom is 0.244 e. The fourth-order valence-electron chi connectivity index (χ4n) is 3.72. The number of carbonyl (C=O) groups excluding carboxylic acids is 1. The average Bonchev–Trinajstić information content (AvgIpc) is 2.61. The Labute approximate surface area is 154 Å². The number of rotatable bonds is 3. The lowest BCUT2D eigenvalue weighted by atomic mass is 9.94. The van der Waals surface area contributed by atoms with Gasteiger partial charge in [0.25, 0.3) is 0 Å². The van der Waals surface area contributed by atoms with Crippen LogP contribution in [0.1, 0.15) is 12.8 Å². The van der Waals surface area contributed by atoms with Crippen LogP contribution >= 0.6 is 11.6 Å². The normalized spacial score (nSPS) is 21.2. The van der Waals surface area contributed by atoms with Crippen molar-refractivity contribution in [3.05, 3.63) is 29.3 Å². The van der Waals surface area contributed by atoms with Gasteiger partial charge in [-0.05, 0) is 38.1 Å². The van der Waals surface area contributed by atoms with E-state index in [1.807, 2.05) is 24.3 Å². The fourth-order valence-corrected chi connectivity index (χ4v) is 5.37. The molecule has 2 aliphatic heterocycles. The van der Waals surface area contributed by atoms with E-state index in [0.29, 0.717) is 57.1 Å². The SMILES string of the molecule is CS(=O)(=O)C1(C(=O)N2CCN(c3ccccc3Cl)CC2)CCNCC1. The predicted molar refractivity (Wildman–Crippen MR) is 99.9 cm³/mol. The molecule has 0 saturated carbocycles. The van der Waals surface area contributed by atoms with Gasteiger partial charge in [0, 0.05) is 32.4 Å². The van der Waals surface area contributed by atoms with Crippen LogP contribution in [0.3, 0.4) is 0 Å². The third-order valence-corrected chi connectivity index (χ3v) is 7.59. The molecular weight excluding hydrogens is 362 g/mol. The highest BCUT2D eigenvalue weighted by Crippen LogP contribution is 2.31. The number of nitrogens with zero attached hydrogens (tertiary/aromatic N) is 2. The topological polar surface area (TPSA) is 69.7 Å². The first kappa shape index (κ1) is 18.5. The second-order valence-electron chi connectivity index (χ2n) is 6.75. The maximum absolute atomic E-state index is 13.1. The number of piperazine rings is 1. The zero-order valence-corrected chi connectivity index (χ0v) is 15.9. The van der Waals surface area contributed by atoms with Crippen molar-refractivity contribution in [2.45, 2.75) is 17.6 Å². The lowest BCUT2D eigenvalue weighted by molar-refractivity contribution is -0.135. The summed E-state index contributed by atoms with van der Waals surface area (Å²) in [6, 6.07) is 7.64. The summed E-state index contributed by atoms with van der Waals surface area (Å²) in [5.74, 6) is -0.240. The second-order valence-corrected chi connectivity index (χ2v) is 9.48. The van der Waals surface area contributed by atoms with E-state index in [9.17, 15) is 13.2 Å². The Bertz CT molecular complexity index is 739. The van der Waals surface area contributed by atoms with Gasteiger partial charge in [-0.3, -0.25) is 4.79 Å². The quantitative estimate of drug-likeness (QED) is 0.845. The number of piperidine rings is 1. The minimum absolute atomic E-state index is 0.240. The summed E-state index contributed by atoms with van der Waals surface area (Å²) in [6.45, 7) is 3.42. The molecule has 0 aliphatic carbocycles. The van der Waals surface area contributed by atoms with Gasteiger partial charge < -0.3 is 15.1 Å². The molecule has 0 radical (unpaired) electrons. The molecular formula is C17H24ClN3O3S. The summed E-state index contributed by atoms with van der Waals surface area (Å²) in [6.07, 6.45) is 1.88. The van der Waals surface area contributed by atoms with Gasteiger partial charge in [-0.2, -0.15) is 0 Å². The van der Waals surface area contributed by atoms with Gasteiger partial charge in [0.15, 0.2) is 14.6 Å². The van der Waals surface area contributed by atoms with E-state index < -0.39 is 14.6 Å². The first-order valence-electron chi connectivity index (χ1n) is 8.54. The lowest BCUT2D eigenvalue weighted by Crippen LogP contribution is -2.61.